The van der Waals surface area contributed by atoms with E-state index in [0.717, 1.165) is 18.7 Å². The Hall–Kier alpha value is -1.32. The minimum absolute atomic E-state index is 0.0607. The molecule has 0 amide bonds. The topological polar surface area (TPSA) is 76.8 Å². The Balaban J connectivity index is 2.23. The Morgan fingerprint density at radius 1 is 1.25 bits per heavy atom. The molecule has 0 radical (unpaired) electrons. The van der Waals surface area contributed by atoms with Gasteiger partial charge in [-0.15, -0.1) is 0 Å². The monoisotopic (exact) mass is 218 g/mol. The smallest absolute Gasteiger partial charge is 0.106 e. The Kier molecular flexibility index (Phi) is 1.65. The number of rotatable bonds is 0. The zero-order valence-electron chi connectivity index (χ0n) is 9.77. The Morgan fingerprint density at radius 3 is 2.62 bits per heavy atom. The highest BCUT2D eigenvalue weighted by molar-refractivity contribution is 5.95. The maximum Gasteiger partial charge on any atom is 0.106 e. The van der Waals surface area contributed by atoms with Gasteiger partial charge in [0.05, 0.1) is 22.9 Å². The van der Waals surface area contributed by atoms with E-state index in [1.807, 2.05) is 0 Å². The molecule has 4 N–H and O–H groups in total. The van der Waals surface area contributed by atoms with Gasteiger partial charge in [0.2, 0.25) is 0 Å². The standard InChI is InChI=1S/C12H18N4/c1-11-5-3-8(16-9(11)13)12(2)6-4-7(11)15-10(12)14/h3,5,7-8H,4,6H2,1-2H3,(H2,13,16)(H2,14,15). The van der Waals surface area contributed by atoms with Crippen molar-refractivity contribution >= 4 is 11.7 Å². The molecule has 0 aromatic carbocycles. The molecule has 4 atom stereocenters. The van der Waals surface area contributed by atoms with E-state index in [9.17, 15) is 0 Å². The summed E-state index contributed by atoms with van der Waals surface area (Å²) >= 11 is 0. The fourth-order valence-corrected chi connectivity index (χ4v) is 3.02. The predicted molar refractivity (Wildman–Crippen MR) is 65.4 cm³/mol. The predicted octanol–water partition coefficient (Wildman–Crippen LogP) is 0.828. The third kappa shape index (κ3) is 0.950. The molecular formula is C12H18N4. The summed E-state index contributed by atoms with van der Waals surface area (Å²) in [5.41, 5.74) is 11.9. The van der Waals surface area contributed by atoms with Gasteiger partial charge in [-0.25, -0.2) is 0 Å². The zero-order valence-corrected chi connectivity index (χ0v) is 9.77. The molecule has 1 aliphatic carbocycles. The molecule has 0 saturated heterocycles. The Bertz CT molecular complexity index is 430. The second kappa shape index (κ2) is 2.67. The van der Waals surface area contributed by atoms with E-state index in [1.165, 1.54) is 0 Å². The average Bonchev–Trinajstić information content (AvgIpc) is 2.25. The van der Waals surface area contributed by atoms with Gasteiger partial charge >= 0.3 is 0 Å². The summed E-state index contributed by atoms with van der Waals surface area (Å²) in [4.78, 5) is 9.29. The number of aliphatic imine (C=N–C) groups is 2. The molecule has 0 aromatic rings. The van der Waals surface area contributed by atoms with Crippen LogP contribution < -0.4 is 11.5 Å². The largest absolute Gasteiger partial charge is 0.387 e. The third-order valence-corrected chi connectivity index (χ3v) is 4.62. The van der Waals surface area contributed by atoms with Gasteiger partial charge in [0.1, 0.15) is 11.7 Å². The van der Waals surface area contributed by atoms with Crippen LogP contribution in [0.2, 0.25) is 0 Å². The van der Waals surface area contributed by atoms with Crippen molar-refractivity contribution in [2.45, 2.75) is 38.8 Å². The van der Waals surface area contributed by atoms with Gasteiger partial charge in [0.25, 0.3) is 0 Å². The van der Waals surface area contributed by atoms with Crippen LogP contribution in [0.5, 0.6) is 0 Å². The van der Waals surface area contributed by atoms with E-state index in [4.69, 9.17) is 11.5 Å². The summed E-state index contributed by atoms with van der Waals surface area (Å²) in [6.07, 6.45) is 6.43. The van der Waals surface area contributed by atoms with Crippen LogP contribution in [0.1, 0.15) is 26.7 Å². The normalized spacial score (nSPS) is 49.6. The number of nitrogens with two attached hydrogens (primary N) is 2. The lowest BCUT2D eigenvalue weighted by Crippen LogP contribution is -2.57. The molecule has 86 valence electrons. The van der Waals surface area contributed by atoms with E-state index >= 15 is 0 Å². The van der Waals surface area contributed by atoms with E-state index in [-0.39, 0.29) is 22.9 Å². The molecule has 5 aliphatic heterocycles. The minimum atomic E-state index is -0.233. The van der Waals surface area contributed by atoms with Crippen LogP contribution in [0.3, 0.4) is 0 Å². The highest BCUT2D eigenvalue weighted by Crippen LogP contribution is 2.46. The van der Waals surface area contributed by atoms with Gasteiger partial charge in [-0.2, -0.15) is 0 Å². The highest BCUT2D eigenvalue weighted by atomic mass is 15.0. The van der Waals surface area contributed by atoms with Crippen molar-refractivity contribution < 1.29 is 0 Å². The molecule has 4 unspecified atom stereocenters. The van der Waals surface area contributed by atoms with Gasteiger partial charge in [-0.3, -0.25) is 9.98 Å². The minimum Gasteiger partial charge on any atom is -0.387 e. The van der Waals surface area contributed by atoms with Crippen molar-refractivity contribution in [1.82, 2.24) is 0 Å². The molecule has 6 rings (SSSR count). The molecule has 0 saturated carbocycles. The molecular weight excluding hydrogens is 200 g/mol. The average molecular weight is 218 g/mol. The van der Waals surface area contributed by atoms with Crippen LogP contribution in [0.15, 0.2) is 22.1 Å². The first kappa shape index (κ1) is 9.87. The molecule has 0 spiro atoms. The summed E-state index contributed by atoms with van der Waals surface area (Å²) in [5.74, 6) is 1.47. The van der Waals surface area contributed by atoms with Crippen LogP contribution in [0.25, 0.3) is 0 Å². The van der Waals surface area contributed by atoms with Crippen LogP contribution in [-0.2, 0) is 0 Å². The van der Waals surface area contributed by atoms with Crippen LogP contribution in [-0.4, -0.2) is 23.8 Å². The first-order valence-electron chi connectivity index (χ1n) is 5.84. The number of hydrogen-bond donors (Lipinski definition) is 2. The highest BCUT2D eigenvalue weighted by Gasteiger charge is 2.50. The van der Waals surface area contributed by atoms with Crippen molar-refractivity contribution in [2.24, 2.45) is 32.3 Å². The van der Waals surface area contributed by atoms with Gasteiger partial charge < -0.3 is 11.5 Å². The van der Waals surface area contributed by atoms with E-state index in [1.54, 1.807) is 0 Å². The SMILES string of the molecule is CC12C=CC(N=C1N)C1(C)CCC2N=C1N. The summed E-state index contributed by atoms with van der Waals surface area (Å²) in [5, 5.41) is 0. The fraction of sp³-hybridized carbons (Fsp3) is 0.667. The second-order valence-electron chi connectivity index (χ2n) is 5.59. The van der Waals surface area contributed by atoms with Gasteiger partial charge in [0, 0.05) is 0 Å². The first-order valence-corrected chi connectivity index (χ1v) is 5.84. The number of amidine groups is 2. The maximum absolute atomic E-state index is 6.12. The van der Waals surface area contributed by atoms with E-state index in [2.05, 4.69) is 36.0 Å². The first-order chi connectivity index (χ1) is 7.47. The molecule has 4 bridgehead atoms. The summed E-state index contributed by atoms with van der Waals surface area (Å²) in [6, 6.07) is 0.215. The molecule has 0 fully saturated rings. The van der Waals surface area contributed by atoms with Crippen LogP contribution in [0, 0.1) is 10.8 Å². The van der Waals surface area contributed by atoms with Gasteiger partial charge in [0.15, 0.2) is 0 Å². The zero-order chi connectivity index (χ0) is 11.6. The number of hydrogen-bond acceptors (Lipinski definition) is 4. The number of nitrogens with zero attached hydrogens (tertiary/aromatic N) is 2. The third-order valence-electron chi connectivity index (χ3n) is 4.62. The maximum atomic E-state index is 6.12. The quantitative estimate of drug-likeness (QED) is 0.591. The lowest BCUT2D eigenvalue weighted by Gasteiger charge is -2.48. The molecule has 4 heteroatoms. The molecule has 0 aromatic heterocycles. The van der Waals surface area contributed by atoms with Crippen LogP contribution >= 0.6 is 0 Å². The van der Waals surface area contributed by atoms with Crippen molar-refractivity contribution in [3.63, 3.8) is 0 Å². The second-order valence-corrected chi connectivity index (χ2v) is 5.59. The Morgan fingerprint density at radius 2 is 2.00 bits per heavy atom. The van der Waals surface area contributed by atoms with Crippen LogP contribution in [0.4, 0.5) is 0 Å². The van der Waals surface area contributed by atoms with Gasteiger partial charge in [-0.1, -0.05) is 19.1 Å². The van der Waals surface area contributed by atoms with Crippen molar-refractivity contribution in [3.05, 3.63) is 12.2 Å². The summed E-state index contributed by atoms with van der Waals surface area (Å²) in [7, 11) is 0. The van der Waals surface area contributed by atoms with Gasteiger partial charge in [-0.05, 0) is 19.8 Å². The molecule has 4 nitrogen and oxygen atoms in total. The lowest BCUT2D eigenvalue weighted by atomic mass is 9.64. The summed E-state index contributed by atoms with van der Waals surface area (Å²) in [6.45, 7) is 4.25. The van der Waals surface area contributed by atoms with E-state index in [0.29, 0.717) is 5.84 Å². The molecule has 6 aliphatic rings. The Labute approximate surface area is 95.5 Å². The molecule has 5 heterocycles. The van der Waals surface area contributed by atoms with Crippen molar-refractivity contribution in [2.75, 3.05) is 0 Å². The fourth-order valence-electron chi connectivity index (χ4n) is 3.02. The van der Waals surface area contributed by atoms with Crippen molar-refractivity contribution in [1.29, 1.82) is 0 Å². The number of dihydropyridines is 1. The van der Waals surface area contributed by atoms with E-state index < -0.39 is 0 Å². The van der Waals surface area contributed by atoms with Crippen molar-refractivity contribution in [3.8, 4) is 0 Å². The molecule has 16 heavy (non-hydrogen) atoms. The summed E-state index contributed by atoms with van der Waals surface area (Å²) < 4.78 is 0. The lowest BCUT2D eigenvalue weighted by molar-refractivity contribution is 0.263.